The van der Waals surface area contributed by atoms with Gasteiger partial charge in [-0.25, -0.2) is 0 Å². The fraction of sp³-hybridized carbons (Fsp3) is 0.600. The summed E-state index contributed by atoms with van der Waals surface area (Å²) < 4.78 is 0. The Balaban J connectivity index is 1.30. The van der Waals surface area contributed by atoms with Crippen molar-refractivity contribution in [2.75, 3.05) is 39.0 Å². The summed E-state index contributed by atoms with van der Waals surface area (Å²) in [7, 11) is 1.89. The van der Waals surface area contributed by atoms with E-state index in [2.05, 4.69) is 5.32 Å². The summed E-state index contributed by atoms with van der Waals surface area (Å²) in [6.07, 6.45) is 7.60. The normalized spacial score (nSPS) is 19.0. The number of hydrogen-bond acceptors (Lipinski definition) is 5. The molecular weight excluding hydrogens is 452 g/mol. The predicted molar refractivity (Wildman–Crippen MR) is 130 cm³/mol. The third kappa shape index (κ3) is 6.11. The second-order valence-corrected chi connectivity index (χ2v) is 10.4. The number of carbonyl (C=O) groups is 4. The Morgan fingerprint density at radius 1 is 0.941 bits per heavy atom. The number of rotatable bonds is 6. The van der Waals surface area contributed by atoms with Crippen LogP contribution in [0, 0.1) is 0 Å². The molecule has 1 saturated heterocycles. The number of nitrogens with one attached hydrogen (secondary N) is 1. The highest BCUT2D eigenvalue weighted by atomic mass is 32.2. The van der Waals surface area contributed by atoms with E-state index in [9.17, 15) is 19.2 Å². The minimum Gasteiger partial charge on any atom is -0.345 e. The van der Waals surface area contributed by atoms with Crippen molar-refractivity contribution in [2.45, 2.75) is 61.9 Å². The van der Waals surface area contributed by atoms with E-state index in [4.69, 9.17) is 0 Å². The van der Waals surface area contributed by atoms with Crippen LogP contribution in [0.1, 0.15) is 55.3 Å². The molecule has 1 aromatic rings. The van der Waals surface area contributed by atoms with E-state index in [-0.39, 0.29) is 17.9 Å². The molecule has 8 nitrogen and oxygen atoms in total. The number of nitrogens with zero attached hydrogens (tertiary/aromatic N) is 3. The summed E-state index contributed by atoms with van der Waals surface area (Å²) in [6, 6.07) is 7.85. The fourth-order valence-corrected chi connectivity index (χ4v) is 5.55. The fourth-order valence-electron chi connectivity index (χ4n) is 4.58. The average molecular weight is 487 g/mol. The first-order valence-electron chi connectivity index (χ1n) is 12.3. The Hall–Kier alpha value is -2.55. The van der Waals surface area contributed by atoms with Crippen LogP contribution < -0.4 is 5.32 Å². The molecule has 0 unspecified atom stereocenters. The van der Waals surface area contributed by atoms with Gasteiger partial charge in [0.05, 0.1) is 11.3 Å². The van der Waals surface area contributed by atoms with Gasteiger partial charge >= 0.3 is 11.8 Å². The van der Waals surface area contributed by atoms with Gasteiger partial charge in [0.25, 0.3) is 5.91 Å². The standard InChI is InChI=1S/C25H34N4O4S/c1-27(19-7-3-2-4-8-19)22(30)17-34-21-10-6-5-9-20(21)24(32)28-13-15-29(16-14-28)25(33)23(31)26-18-11-12-18/h5-6,9-10,18-19H,2-4,7-8,11-17H2,1H3,(H,26,31). The zero-order valence-corrected chi connectivity index (χ0v) is 20.6. The Morgan fingerprint density at radius 2 is 1.59 bits per heavy atom. The van der Waals surface area contributed by atoms with Crippen molar-refractivity contribution in [1.29, 1.82) is 0 Å². The van der Waals surface area contributed by atoms with Crippen molar-refractivity contribution in [3.63, 3.8) is 0 Å². The Bertz CT molecular complexity index is 921. The molecule has 184 valence electrons. The van der Waals surface area contributed by atoms with Crippen molar-refractivity contribution in [3.05, 3.63) is 29.8 Å². The first kappa shape index (κ1) is 24.6. The van der Waals surface area contributed by atoms with Gasteiger partial charge in [-0.3, -0.25) is 19.2 Å². The number of benzene rings is 1. The molecule has 3 aliphatic rings. The van der Waals surface area contributed by atoms with E-state index in [1.807, 2.05) is 30.1 Å². The van der Waals surface area contributed by atoms with Crippen LogP contribution in [0.25, 0.3) is 0 Å². The lowest BCUT2D eigenvalue weighted by molar-refractivity contribution is -0.146. The van der Waals surface area contributed by atoms with Crippen LogP contribution in [0.15, 0.2) is 29.2 Å². The number of carbonyl (C=O) groups excluding carboxylic acids is 4. The second kappa shape index (κ2) is 11.3. The summed E-state index contributed by atoms with van der Waals surface area (Å²) >= 11 is 1.40. The van der Waals surface area contributed by atoms with Gasteiger partial charge in [0.15, 0.2) is 0 Å². The Morgan fingerprint density at radius 3 is 2.26 bits per heavy atom. The van der Waals surface area contributed by atoms with Crippen LogP contribution >= 0.6 is 11.8 Å². The molecular formula is C25H34N4O4S. The van der Waals surface area contributed by atoms with Crippen molar-refractivity contribution < 1.29 is 19.2 Å². The SMILES string of the molecule is CN(C(=O)CSc1ccccc1C(=O)N1CCN(C(=O)C(=O)NC2CC2)CC1)C1CCCCC1. The van der Waals surface area contributed by atoms with E-state index < -0.39 is 11.8 Å². The summed E-state index contributed by atoms with van der Waals surface area (Å²) in [5.74, 6) is -0.778. The lowest BCUT2D eigenvalue weighted by Crippen LogP contribution is -2.54. The monoisotopic (exact) mass is 486 g/mol. The maximum atomic E-state index is 13.2. The zero-order chi connectivity index (χ0) is 24.1. The first-order chi connectivity index (χ1) is 16.4. The zero-order valence-electron chi connectivity index (χ0n) is 19.8. The number of hydrogen-bond donors (Lipinski definition) is 1. The molecule has 34 heavy (non-hydrogen) atoms. The molecule has 0 aromatic heterocycles. The third-order valence-corrected chi connectivity index (χ3v) is 8.00. The topological polar surface area (TPSA) is 90.0 Å². The minimum atomic E-state index is -0.549. The van der Waals surface area contributed by atoms with Crippen LogP contribution in [0.5, 0.6) is 0 Å². The molecule has 1 aromatic carbocycles. The van der Waals surface area contributed by atoms with Gasteiger partial charge in [-0.05, 0) is 37.8 Å². The maximum Gasteiger partial charge on any atom is 0.312 e. The van der Waals surface area contributed by atoms with Gasteiger partial charge in [0.1, 0.15) is 0 Å². The van der Waals surface area contributed by atoms with Crippen LogP contribution in [-0.2, 0) is 14.4 Å². The molecule has 1 N–H and O–H groups in total. The molecule has 4 amide bonds. The maximum absolute atomic E-state index is 13.2. The van der Waals surface area contributed by atoms with Crippen LogP contribution in [-0.4, -0.2) is 89.4 Å². The molecule has 3 fully saturated rings. The Labute approximate surface area is 205 Å². The van der Waals surface area contributed by atoms with Gasteiger partial charge in [0.2, 0.25) is 5.91 Å². The van der Waals surface area contributed by atoms with Gasteiger partial charge in [-0.2, -0.15) is 0 Å². The lowest BCUT2D eigenvalue weighted by Gasteiger charge is -2.34. The van der Waals surface area contributed by atoms with Crippen molar-refractivity contribution in [2.24, 2.45) is 0 Å². The van der Waals surface area contributed by atoms with Gasteiger partial charge in [-0.1, -0.05) is 31.4 Å². The second-order valence-electron chi connectivity index (χ2n) is 9.41. The highest BCUT2D eigenvalue weighted by Crippen LogP contribution is 2.27. The number of piperazine rings is 1. The van der Waals surface area contributed by atoms with Crippen LogP contribution in [0.3, 0.4) is 0 Å². The smallest absolute Gasteiger partial charge is 0.312 e. The van der Waals surface area contributed by atoms with E-state index >= 15 is 0 Å². The highest BCUT2D eigenvalue weighted by molar-refractivity contribution is 8.00. The Kier molecular flexibility index (Phi) is 8.13. The first-order valence-corrected chi connectivity index (χ1v) is 13.3. The summed E-state index contributed by atoms with van der Waals surface area (Å²) in [5.41, 5.74) is 0.576. The van der Waals surface area contributed by atoms with Gasteiger partial charge < -0.3 is 20.0 Å². The van der Waals surface area contributed by atoms with Gasteiger partial charge in [0, 0.05) is 50.2 Å². The predicted octanol–water partition coefficient (Wildman–Crippen LogP) is 2.13. The number of thioether (sulfide) groups is 1. The highest BCUT2D eigenvalue weighted by Gasteiger charge is 2.32. The number of amides is 4. The quantitative estimate of drug-likeness (QED) is 0.492. The molecule has 0 atom stereocenters. The van der Waals surface area contributed by atoms with Crippen molar-refractivity contribution in [3.8, 4) is 0 Å². The minimum absolute atomic E-state index is 0.0933. The molecule has 2 saturated carbocycles. The molecule has 0 bridgehead atoms. The van der Waals surface area contributed by atoms with Crippen molar-refractivity contribution >= 4 is 35.4 Å². The van der Waals surface area contributed by atoms with E-state index in [1.54, 1.807) is 11.0 Å². The van der Waals surface area contributed by atoms with E-state index in [0.29, 0.717) is 43.5 Å². The summed E-state index contributed by atoms with van der Waals surface area (Å²) in [4.78, 5) is 56.3. The molecule has 0 radical (unpaired) electrons. The molecule has 4 rings (SSSR count). The van der Waals surface area contributed by atoms with Crippen LogP contribution in [0.4, 0.5) is 0 Å². The summed E-state index contributed by atoms with van der Waals surface area (Å²) in [6.45, 7) is 1.43. The van der Waals surface area contributed by atoms with E-state index in [0.717, 1.165) is 30.6 Å². The van der Waals surface area contributed by atoms with Crippen molar-refractivity contribution in [1.82, 2.24) is 20.0 Å². The average Bonchev–Trinajstić information content (AvgIpc) is 3.70. The molecule has 1 aliphatic heterocycles. The van der Waals surface area contributed by atoms with Gasteiger partial charge in [-0.15, -0.1) is 11.8 Å². The van der Waals surface area contributed by atoms with Crippen LogP contribution in [0.2, 0.25) is 0 Å². The van der Waals surface area contributed by atoms with E-state index in [1.165, 1.54) is 35.9 Å². The molecule has 9 heteroatoms. The molecule has 1 heterocycles. The molecule has 0 spiro atoms. The third-order valence-electron chi connectivity index (χ3n) is 6.95. The molecule has 2 aliphatic carbocycles. The lowest BCUT2D eigenvalue weighted by atomic mass is 9.94. The summed E-state index contributed by atoms with van der Waals surface area (Å²) in [5, 5.41) is 2.73. The largest absolute Gasteiger partial charge is 0.345 e.